The lowest BCUT2D eigenvalue weighted by Gasteiger charge is -1.99. The summed E-state index contributed by atoms with van der Waals surface area (Å²) in [4.78, 5) is 3.21. The lowest BCUT2D eigenvalue weighted by molar-refractivity contribution is 0.765. The number of aromatic amines is 1. The third kappa shape index (κ3) is 2.22. The van der Waals surface area contributed by atoms with E-state index in [1.165, 1.54) is 10.9 Å². The molecule has 0 unspecified atom stereocenters. The van der Waals surface area contributed by atoms with E-state index in [1.54, 1.807) is 0 Å². The maximum Gasteiger partial charge on any atom is 0.0472 e. The molecule has 0 atom stereocenters. The molecule has 78 valence electrons. The molecule has 0 amide bonds. The molecule has 1 aromatic heterocycles. The van der Waals surface area contributed by atoms with E-state index < -0.39 is 0 Å². The molecule has 0 aliphatic rings. The Kier molecular flexibility index (Phi) is 3.09. The van der Waals surface area contributed by atoms with Crippen LogP contribution in [0.2, 0.25) is 5.02 Å². The van der Waals surface area contributed by atoms with Crippen molar-refractivity contribution >= 4 is 22.5 Å². The summed E-state index contributed by atoms with van der Waals surface area (Å²) in [6, 6.07) is 5.89. The van der Waals surface area contributed by atoms with Crippen LogP contribution in [0.3, 0.4) is 0 Å². The standard InChI is InChI=1S/C12H13ClN2/c1-2-5-14-7-9-8-15-12-6-10(13)3-4-11(9)12/h2-4,6,8,14-15H,1,5,7H2. The number of benzene rings is 1. The molecule has 2 aromatic rings. The highest BCUT2D eigenvalue weighted by Gasteiger charge is 2.02. The zero-order valence-electron chi connectivity index (χ0n) is 8.39. The monoisotopic (exact) mass is 220 g/mol. The van der Waals surface area contributed by atoms with E-state index in [0.29, 0.717) is 0 Å². The quantitative estimate of drug-likeness (QED) is 0.602. The second-order valence-corrected chi connectivity index (χ2v) is 3.86. The molecule has 0 fully saturated rings. The highest BCUT2D eigenvalue weighted by molar-refractivity contribution is 6.31. The van der Waals surface area contributed by atoms with Gasteiger partial charge in [0, 0.05) is 35.2 Å². The van der Waals surface area contributed by atoms with Crippen molar-refractivity contribution in [1.29, 1.82) is 0 Å². The second-order valence-electron chi connectivity index (χ2n) is 3.42. The minimum absolute atomic E-state index is 0.759. The third-order valence-electron chi connectivity index (χ3n) is 2.33. The van der Waals surface area contributed by atoms with Gasteiger partial charge in [-0.3, -0.25) is 0 Å². The van der Waals surface area contributed by atoms with Crippen LogP contribution >= 0.6 is 11.6 Å². The predicted molar refractivity (Wildman–Crippen MR) is 65.2 cm³/mol. The number of hydrogen-bond acceptors (Lipinski definition) is 1. The molecule has 2 rings (SSSR count). The van der Waals surface area contributed by atoms with E-state index in [4.69, 9.17) is 11.6 Å². The highest BCUT2D eigenvalue weighted by Crippen LogP contribution is 2.21. The number of halogens is 1. The van der Waals surface area contributed by atoms with Gasteiger partial charge in [0.15, 0.2) is 0 Å². The summed E-state index contributed by atoms with van der Waals surface area (Å²) >= 11 is 5.91. The van der Waals surface area contributed by atoms with Gasteiger partial charge in [0.25, 0.3) is 0 Å². The molecule has 1 aromatic carbocycles. The zero-order valence-corrected chi connectivity index (χ0v) is 9.14. The van der Waals surface area contributed by atoms with Gasteiger partial charge < -0.3 is 10.3 Å². The fourth-order valence-electron chi connectivity index (χ4n) is 1.61. The Morgan fingerprint density at radius 3 is 3.13 bits per heavy atom. The molecular formula is C12H13ClN2. The van der Waals surface area contributed by atoms with Gasteiger partial charge >= 0.3 is 0 Å². The molecule has 2 nitrogen and oxygen atoms in total. The third-order valence-corrected chi connectivity index (χ3v) is 2.57. The summed E-state index contributed by atoms with van der Waals surface area (Å²) in [5.74, 6) is 0. The van der Waals surface area contributed by atoms with E-state index in [9.17, 15) is 0 Å². The summed E-state index contributed by atoms with van der Waals surface area (Å²) in [5.41, 5.74) is 2.33. The fourth-order valence-corrected chi connectivity index (χ4v) is 1.79. The molecule has 0 aliphatic heterocycles. The smallest absolute Gasteiger partial charge is 0.0472 e. The SMILES string of the molecule is C=CCNCc1c[nH]c2cc(Cl)ccc12. The number of hydrogen-bond donors (Lipinski definition) is 2. The predicted octanol–water partition coefficient (Wildman–Crippen LogP) is 3.10. The van der Waals surface area contributed by atoms with Crippen molar-refractivity contribution in [1.82, 2.24) is 10.3 Å². The molecule has 0 saturated heterocycles. The van der Waals surface area contributed by atoms with Crippen LogP contribution in [0.25, 0.3) is 10.9 Å². The van der Waals surface area contributed by atoms with Crippen molar-refractivity contribution in [3.8, 4) is 0 Å². The van der Waals surface area contributed by atoms with E-state index in [2.05, 4.69) is 16.9 Å². The Morgan fingerprint density at radius 1 is 1.47 bits per heavy atom. The molecule has 0 radical (unpaired) electrons. The van der Waals surface area contributed by atoms with Crippen LogP contribution in [0.4, 0.5) is 0 Å². The summed E-state index contributed by atoms with van der Waals surface area (Å²) < 4.78 is 0. The highest BCUT2D eigenvalue weighted by atomic mass is 35.5. The minimum Gasteiger partial charge on any atom is -0.361 e. The normalized spacial score (nSPS) is 10.7. The number of nitrogens with one attached hydrogen (secondary N) is 2. The van der Waals surface area contributed by atoms with Crippen LogP contribution in [0.15, 0.2) is 37.1 Å². The Bertz CT molecular complexity index is 473. The first-order valence-electron chi connectivity index (χ1n) is 4.88. The fraction of sp³-hybridized carbons (Fsp3) is 0.167. The van der Waals surface area contributed by atoms with Crippen LogP contribution in [0, 0.1) is 0 Å². The average Bonchev–Trinajstić information content (AvgIpc) is 2.61. The van der Waals surface area contributed by atoms with Crippen molar-refractivity contribution in [2.24, 2.45) is 0 Å². The number of aromatic nitrogens is 1. The first kappa shape index (κ1) is 10.3. The Labute approximate surface area is 93.9 Å². The molecule has 1 heterocycles. The minimum atomic E-state index is 0.759. The van der Waals surface area contributed by atoms with Crippen molar-refractivity contribution in [3.63, 3.8) is 0 Å². The van der Waals surface area contributed by atoms with Gasteiger partial charge in [-0.2, -0.15) is 0 Å². The maximum atomic E-state index is 5.91. The van der Waals surface area contributed by atoms with E-state index in [0.717, 1.165) is 23.6 Å². The molecule has 0 aliphatic carbocycles. The number of H-pyrrole nitrogens is 1. The van der Waals surface area contributed by atoms with E-state index in [-0.39, 0.29) is 0 Å². The molecular weight excluding hydrogens is 208 g/mol. The van der Waals surface area contributed by atoms with Gasteiger partial charge in [-0.05, 0) is 17.7 Å². The van der Waals surface area contributed by atoms with E-state index >= 15 is 0 Å². The largest absolute Gasteiger partial charge is 0.361 e. The molecule has 2 N–H and O–H groups in total. The molecule has 0 bridgehead atoms. The summed E-state index contributed by atoms with van der Waals surface area (Å²) in [6.45, 7) is 5.33. The number of fused-ring (bicyclic) bond motifs is 1. The van der Waals surface area contributed by atoms with Crippen molar-refractivity contribution in [2.45, 2.75) is 6.54 Å². The van der Waals surface area contributed by atoms with Gasteiger partial charge in [-0.1, -0.05) is 23.7 Å². The molecule has 15 heavy (non-hydrogen) atoms. The van der Waals surface area contributed by atoms with Crippen molar-refractivity contribution in [3.05, 3.63) is 47.6 Å². The van der Waals surface area contributed by atoms with Crippen molar-refractivity contribution in [2.75, 3.05) is 6.54 Å². The van der Waals surface area contributed by atoms with Gasteiger partial charge in [0.2, 0.25) is 0 Å². The van der Waals surface area contributed by atoms with Gasteiger partial charge in [0.05, 0.1) is 0 Å². The zero-order chi connectivity index (χ0) is 10.7. The summed E-state index contributed by atoms with van der Waals surface area (Å²) in [6.07, 6.45) is 3.86. The van der Waals surface area contributed by atoms with Gasteiger partial charge in [-0.25, -0.2) is 0 Å². The molecule has 0 spiro atoms. The lowest BCUT2D eigenvalue weighted by atomic mass is 10.2. The first-order valence-corrected chi connectivity index (χ1v) is 5.26. The second kappa shape index (κ2) is 4.51. The average molecular weight is 221 g/mol. The lowest BCUT2D eigenvalue weighted by Crippen LogP contribution is -2.11. The summed E-state index contributed by atoms with van der Waals surface area (Å²) in [7, 11) is 0. The van der Waals surface area contributed by atoms with Crippen LogP contribution in [0.1, 0.15) is 5.56 Å². The number of rotatable bonds is 4. The maximum absolute atomic E-state index is 5.91. The van der Waals surface area contributed by atoms with Crippen LogP contribution in [0.5, 0.6) is 0 Å². The van der Waals surface area contributed by atoms with Gasteiger partial charge in [0.1, 0.15) is 0 Å². The van der Waals surface area contributed by atoms with Crippen LogP contribution in [-0.4, -0.2) is 11.5 Å². The van der Waals surface area contributed by atoms with Crippen molar-refractivity contribution < 1.29 is 0 Å². The van der Waals surface area contributed by atoms with Crippen LogP contribution in [-0.2, 0) is 6.54 Å². The Balaban J connectivity index is 2.24. The molecule has 3 heteroatoms. The van der Waals surface area contributed by atoms with Gasteiger partial charge in [-0.15, -0.1) is 6.58 Å². The summed E-state index contributed by atoms with van der Waals surface area (Å²) in [5, 5.41) is 5.25. The topological polar surface area (TPSA) is 27.8 Å². The first-order chi connectivity index (χ1) is 7.31. The van der Waals surface area contributed by atoms with Crippen LogP contribution < -0.4 is 5.32 Å². The Hall–Kier alpha value is -1.25. The van der Waals surface area contributed by atoms with E-state index in [1.807, 2.05) is 30.5 Å². The Morgan fingerprint density at radius 2 is 2.33 bits per heavy atom. The molecule has 0 saturated carbocycles.